The van der Waals surface area contributed by atoms with Crippen molar-refractivity contribution in [1.82, 2.24) is 10.6 Å². The molecule has 3 aromatic carbocycles. The first kappa shape index (κ1) is 22.4. The van der Waals surface area contributed by atoms with Gasteiger partial charge in [0, 0.05) is 26.9 Å². The Balaban J connectivity index is 1.60. The van der Waals surface area contributed by atoms with E-state index in [9.17, 15) is 5.11 Å². The molecule has 2 aliphatic rings. The van der Waals surface area contributed by atoms with Crippen LogP contribution in [0.3, 0.4) is 0 Å². The average Bonchev–Trinajstić information content (AvgIpc) is 3.33. The van der Waals surface area contributed by atoms with Crippen LogP contribution in [0.15, 0.2) is 65.1 Å². The van der Waals surface area contributed by atoms with Crippen LogP contribution in [0.1, 0.15) is 35.8 Å². The molecule has 3 aromatic rings. The van der Waals surface area contributed by atoms with Gasteiger partial charge in [0.15, 0.2) is 23.0 Å². The molecule has 0 bridgehead atoms. The maximum absolute atomic E-state index is 11.0. The molecule has 3 N–H and O–H groups in total. The third kappa shape index (κ3) is 4.26. The SMILES string of the molecule is CCOc1cccc(C2C=C(c3ccc4c(c3)OCO4)NC(c3cc(Br)ccc3OC)N2)c1O. The number of ether oxygens (including phenoxy) is 4. The number of para-hydroxylation sites is 1. The fraction of sp³-hybridized carbons (Fsp3) is 0.231. The van der Waals surface area contributed by atoms with Gasteiger partial charge in [-0.2, -0.15) is 0 Å². The summed E-state index contributed by atoms with van der Waals surface area (Å²) in [4.78, 5) is 0. The molecule has 2 unspecified atom stereocenters. The summed E-state index contributed by atoms with van der Waals surface area (Å²) in [7, 11) is 1.65. The van der Waals surface area contributed by atoms with E-state index in [2.05, 4.69) is 26.6 Å². The molecule has 0 aromatic heterocycles. The van der Waals surface area contributed by atoms with E-state index >= 15 is 0 Å². The first-order valence-electron chi connectivity index (χ1n) is 11.0. The van der Waals surface area contributed by atoms with Crippen molar-refractivity contribution in [2.45, 2.75) is 19.1 Å². The summed E-state index contributed by atoms with van der Waals surface area (Å²) >= 11 is 3.57. The molecule has 176 valence electrons. The number of fused-ring (bicyclic) bond motifs is 1. The standard InChI is InChI=1S/C26H25BrN2O5/c1-3-32-23-6-4-5-17(25(23)30)20-13-19(15-7-9-22-24(11-15)34-14-33-22)28-26(29-20)18-12-16(27)8-10-21(18)31-2/h4-13,20,26,28-30H,3,14H2,1-2H3. The highest BCUT2D eigenvalue weighted by molar-refractivity contribution is 9.10. The van der Waals surface area contributed by atoms with E-state index in [1.54, 1.807) is 13.2 Å². The Morgan fingerprint density at radius 3 is 2.71 bits per heavy atom. The Hall–Kier alpha value is -3.36. The highest BCUT2D eigenvalue weighted by Crippen LogP contribution is 2.41. The summed E-state index contributed by atoms with van der Waals surface area (Å²) < 4.78 is 23.3. The van der Waals surface area contributed by atoms with Crippen LogP contribution in [0, 0.1) is 0 Å². The number of hydrogen-bond acceptors (Lipinski definition) is 7. The van der Waals surface area contributed by atoms with Crippen LogP contribution in [0.5, 0.6) is 28.7 Å². The summed E-state index contributed by atoms with van der Waals surface area (Å²) in [5.74, 6) is 2.74. The lowest BCUT2D eigenvalue weighted by Crippen LogP contribution is -2.39. The Bertz CT molecular complexity index is 1250. The van der Waals surface area contributed by atoms with E-state index in [0.717, 1.165) is 32.8 Å². The number of methoxy groups -OCH3 is 1. The Morgan fingerprint density at radius 2 is 1.88 bits per heavy atom. The lowest BCUT2D eigenvalue weighted by atomic mass is 9.97. The van der Waals surface area contributed by atoms with Gasteiger partial charge in [-0.15, -0.1) is 0 Å². The van der Waals surface area contributed by atoms with Crippen LogP contribution in [0.25, 0.3) is 5.70 Å². The predicted molar refractivity (Wildman–Crippen MR) is 132 cm³/mol. The number of rotatable bonds is 6. The quantitative estimate of drug-likeness (QED) is 0.405. The molecule has 0 aliphatic carbocycles. The molecule has 5 rings (SSSR count). The molecule has 2 atom stereocenters. The molecule has 0 amide bonds. The zero-order valence-corrected chi connectivity index (χ0v) is 20.4. The number of phenols is 1. The van der Waals surface area contributed by atoms with Gasteiger partial charge < -0.3 is 29.4 Å². The Kier molecular flexibility index (Phi) is 6.26. The zero-order valence-electron chi connectivity index (χ0n) is 18.8. The second kappa shape index (κ2) is 9.48. The van der Waals surface area contributed by atoms with Gasteiger partial charge in [-0.1, -0.05) is 28.1 Å². The number of halogens is 1. The van der Waals surface area contributed by atoms with Gasteiger partial charge in [-0.05, 0) is 55.5 Å². The normalized spacial score (nSPS) is 18.7. The molecule has 2 aliphatic heterocycles. The minimum absolute atomic E-state index is 0.116. The van der Waals surface area contributed by atoms with Crippen molar-refractivity contribution in [1.29, 1.82) is 0 Å². The van der Waals surface area contributed by atoms with Crippen LogP contribution in [0.2, 0.25) is 0 Å². The first-order valence-corrected chi connectivity index (χ1v) is 11.8. The van der Waals surface area contributed by atoms with Crippen LogP contribution >= 0.6 is 15.9 Å². The fourth-order valence-electron chi connectivity index (χ4n) is 4.22. The van der Waals surface area contributed by atoms with E-state index < -0.39 is 0 Å². The van der Waals surface area contributed by atoms with Gasteiger partial charge in [-0.3, -0.25) is 5.32 Å². The number of phenolic OH excluding ortho intramolecular Hbond substituents is 1. The van der Waals surface area contributed by atoms with Crippen LogP contribution in [-0.2, 0) is 0 Å². The van der Waals surface area contributed by atoms with E-state index in [0.29, 0.717) is 23.7 Å². The molecular weight excluding hydrogens is 500 g/mol. The average molecular weight is 525 g/mol. The van der Waals surface area contributed by atoms with E-state index in [-0.39, 0.29) is 24.8 Å². The fourth-order valence-corrected chi connectivity index (χ4v) is 4.60. The molecule has 0 radical (unpaired) electrons. The molecule has 7 nitrogen and oxygen atoms in total. The second-order valence-electron chi connectivity index (χ2n) is 7.88. The summed E-state index contributed by atoms with van der Waals surface area (Å²) in [6.07, 6.45) is 1.74. The van der Waals surface area contributed by atoms with E-state index in [1.807, 2.05) is 61.5 Å². The maximum atomic E-state index is 11.0. The summed E-state index contributed by atoms with van der Waals surface area (Å²) in [5, 5.41) is 18.1. The third-order valence-corrected chi connectivity index (χ3v) is 6.32. The number of hydrogen-bond donors (Lipinski definition) is 3. The molecule has 0 fully saturated rings. The van der Waals surface area contributed by atoms with Gasteiger partial charge in [-0.25, -0.2) is 0 Å². The first-order chi connectivity index (χ1) is 16.6. The summed E-state index contributed by atoms with van der Waals surface area (Å²) in [6.45, 7) is 2.57. The molecule has 2 heterocycles. The Labute approximate surface area is 206 Å². The van der Waals surface area contributed by atoms with Gasteiger partial charge in [0.25, 0.3) is 0 Å². The topological polar surface area (TPSA) is 81.2 Å². The lowest BCUT2D eigenvalue weighted by Gasteiger charge is -2.34. The van der Waals surface area contributed by atoms with Crippen molar-refractivity contribution in [3.8, 4) is 28.7 Å². The van der Waals surface area contributed by atoms with Crippen molar-refractivity contribution in [3.63, 3.8) is 0 Å². The van der Waals surface area contributed by atoms with E-state index in [4.69, 9.17) is 18.9 Å². The lowest BCUT2D eigenvalue weighted by molar-refractivity contribution is 0.174. The molecule has 0 saturated heterocycles. The highest BCUT2D eigenvalue weighted by atomic mass is 79.9. The van der Waals surface area contributed by atoms with E-state index in [1.165, 1.54) is 0 Å². The summed E-state index contributed by atoms with van der Waals surface area (Å²) in [6, 6.07) is 16.9. The molecule has 34 heavy (non-hydrogen) atoms. The van der Waals surface area contributed by atoms with Crippen molar-refractivity contribution < 1.29 is 24.1 Å². The molecule has 0 spiro atoms. The second-order valence-corrected chi connectivity index (χ2v) is 8.80. The third-order valence-electron chi connectivity index (χ3n) is 5.83. The predicted octanol–water partition coefficient (Wildman–Crippen LogP) is 5.26. The Morgan fingerprint density at radius 1 is 1.03 bits per heavy atom. The summed E-state index contributed by atoms with van der Waals surface area (Å²) in [5.41, 5.74) is 3.46. The van der Waals surface area contributed by atoms with Crippen molar-refractivity contribution >= 4 is 21.6 Å². The van der Waals surface area contributed by atoms with Crippen molar-refractivity contribution in [3.05, 3.63) is 81.8 Å². The van der Waals surface area contributed by atoms with Crippen LogP contribution < -0.4 is 29.6 Å². The minimum atomic E-state index is -0.309. The van der Waals surface area contributed by atoms with Crippen molar-refractivity contribution in [2.24, 2.45) is 0 Å². The smallest absolute Gasteiger partial charge is 0.231 e. The molecular formula is C26H25BrN2O5. The van der Waals surface area contributed by atoms with Gasteiger partial charge >= 0.3 is 0 Å². The minimum Gasteiger partial charge on any atom is -0.504 e. The zero-order chi connectivity index (χ0) is 23.7. The number of benzene rings is 3. The van der Waals surface area contributed by atoms with Gasteiger partial charge in [0.2, 0.25) is 6.79 Å². The molecule has 8 heteroatoms. The van der Waals surface area contributed by atoms with Gasteiger partial charge in [0.05, 0.1) is 19.8 Å². The highest BCUT2D eigenvalue weighted by Gasteiger charge is 2.29. The maximum Gasteiger partial charge on any atom is 0.231 e. The van der Waals surface area contributed by atoms with Gasteiger partial charge in [0.1, 0.15) is 11.9 Å². The van der Waals surface area contributed by atoms with Crippen molar-refractivity contribution in [2.75, 3.05) is 20.5 Å². The number of nitrogens with one attached hydrogen (secondary N) is 2. The largest absolute Gasteiger partial charge is 0.504 e. The van der Waals surface area contributed by atoms with Crippen LogP contribution in [-0.4, -0.2) is 25.6 Å². The number of aromatic hydroxyl groups is 1. The van der Waals surface area contributed by atoms with Crippen LogP contribution in [0.4, 0.5) is 0 Å². The monoisotopic (exact) mass is 524 g/mol. The molecule has 0 saturated carbocycles.